The Morgan fingerprint density at radius 3 is 2.00 bits per heavy atom. The van der Waals surface area contributed by atoms with Crippen LogP contribution in [0.25, 0.3) is 0 Å². The van der Waals surface area contributed by atoms with E-state index in [4.69, 9.17) is 4.74 Å². The molecule has 0 aromatic rings. The van der Waals surface area contributed by atoms with Crippen molar-refractivity contribution >= 4 is 6.09 Å². The van der Waals surface area contributed by atoms with Crippen LogP contribution in [-0.4, -0.2) is 18.7 Å². The van der Waals surface area contributed by atoms with E-state index in [0.717, 1.165) is 6.42 Å². The first kappa shape index (κ1) is 12.3. The van der Waals surface area contributed by atoms with E-state index in [9.17, 15) is 4.79 Å². The number of nitrogens with one attached hydrogen (secondary N) is 1. The summed E-state index contributed by atoms with van der Waals surface area (Å²) in [7, 11) is 1.56. The summed E-state index contributed by atoms with van der Waals surface area (Å²) < 4.78 is 5.21. The molecule has 0 spiro atoms. The second-order valence-electron chi connectivity index (χ2n) is 5.14. The van der Waals surface area contributed by atoms with E-state index in [2.05, 4.69) is 26.1 Å². The Morgan fingerprint density at radius 1 is 1.23 bits per heavy atom. The first-order chi connectivity index (χ1) is 5.66. The number of carbonyl (C=O) groups excluding carboxylic acids is 1. The van der Waals surface area contributed by atoms with Gasteiger partial charge in [0.2, 0.25) is 0 Å². The second kappa shape index (κ2) is 3.99. The number of hydrogen-bond acceptors (Lipinski definition) is 2. The predicted molar refractivity (Wildman–Crippen MR) is 53.7 cm³/mol. The SMILES string of the molecule is CNC(=O)OC(C)(C)CC(C)(C)C. The standard InChI is InChI=1S/C10H21NO2/c1-9(2,3)7-10(4,5)13-8(12)11-6/h7H2,1-6H3,(H,11,12). The first-order valence-corrected chi connectivity index (χ1v) is 4.57. The van der Waals surface area contributed by atoms with Crippen molar-refractivity contribution in [1.82, 2.24) is 5.32 Å². The molecule has 0 rings (SSSR count). The molecule has 0 bridgehead atoms. The van der Waals surface area contributed by atoms with Gasteiger partial charge in [0.25, 0.3) is 0 Å². The van der Waals surface area contributed by atoms with Crippen molar-refractivity contribution in [3.05, 3.63) is 0 Å². The zero-order chi connectivity index (χ0) is 10.7. The second-order valence-corrected chi connectivity index (χ2v) is 5.14. The Bertz CT molecular complexity index is 180. The van der Waals surface area contributed by atoms with Crippen LogP contribution in [-0.2, 0) is 4.74 Å². The Kier molecular flexibility index (Phi) is 3.76. The van der Waals surface area contributed by atoms with Gasteiger partial charge in [-0.2, -0.15) is 0 Å². The minimum absolute atomic E-state index is 0.164. The van der Waals surface area contributed by atoms with Gasteiger partial charge in [0.15, 0.2) is 0 Å². The smallest absolute Gasteiger partial charge is 0.407 e. The highest BCUT2D eigenvalue weighted by molar-refractivity contribution is 5.67. The minimum Gasteiger partial charge on any atom is -0.444 e. The molecule has 0 saturated carbocycles. The van der Waals surface area contributed by atoms with Crippen LogP contribution < -0.4 is 5.32 Å². The molecule has 1 amide bonds. The van der Waals surface area contributed by atoms with E-state index in [-0.39, 0.29) is 11.5 Å². The maximum absolute atomic E-state index is 11.0. The van der Waals surface area contributed by atoms with Crippen LogP contribution in [0.15, 0.2) is 0 Å². The zero-order valence-electron chi connectivity index (χ0n) is 9.52. The van der Waals surface area contributed by atoms with Gasteiger partial charge in [0.05, 0.1) is 0 Å². The highest BCUT2D eigenvalue weighted by Gasteiger charge is 2.28. The summed E-state index contributed by atoms with van der Waals surface area (Å²) in [6.45, 7) is 10.2. The molecule has 0 aromatic heterocycles. The van der Waals surface area contributed by atoms with E-state index in [0.29, 0.717) is 0 Å². The summed E-state index contributed by atoms with van der Waals surface area (Å²) in [5.74, 6) is 0. The molecule has 3 heteroatoms. The summed E-state index contributed by atoms with van der Waals surface area (Å²) >= 11 is 0. The molecular weight excluding hydrogens is 166 g/mol. The van der Waals surface area contributed by atoms with Gasteiger partial charge in [-0.05, 0) is 25.7 Å². The van der Waals surface area contributed by atoms with Gasteiger partial charge in [0, 0.05) is 7.05 Å². The average molecular weight is 187 g/mol. The van der Waals surface area contributed by atoms with Gasteiger partial charge in [-0.25, -0.2) is 4.79 Å². The first-order valence-electron chi connectivity index (χ1n) is 4.57. The third-order valence-corrected chi connectivity index (χ3v) is 1.53. The van der Waals surface area contributed by atoms with Crippen molar-refractivity contribution < 1.29 is 9.53 Å². The van der Waals surface area contributed by atoms with E-state index < -0.39 is 5.60 Å². The number of carbonyl (C=O) groups is 1. The molecule has 78 valence electrons. The van der Waals surface area contributed by atoms with Crippen LogP contribution in [0.4, 0.5) is 4.79 Å². The molecule has 0 fully saturated rings. The number of amides is 1. The molecule has 0 heterocycles. The third kappa shape index (κ3) is 6.43. The maximum Gasteiger partial charge on any atom is 0.407 e. The van der Waals surface area contributed by atoms with E-state index in [1.807, 2.05) is 13.8 Å². The molecule has 0 aliphatic heterocycles. The lowest BCUT2D eigenvalue weighted by atomic mass is 9.84. The summed E-state index contributed by atoms with van der Waals surface area (Å²) in [6.07, 6.45) is 0.474. The Labute approximate surface area is 80.8 Å². The summed E-state index contributed by atoms with van der Waals surface area (Å²) in [4.78, 5) is 11.0. The van der Waals surface area contributed by atoms with Crippen LogP contribution in [0, 0.1) is 5.41 Å². The van der Waals surface area contributed by atoms with Crippen LogP contribution in [0.2, 0.25) is 0 Å². The third-order valence-electron chi connectivity index (χ3n) is 1.53. The molecule has 3 nitrogen and oxygen atoms in total. The van der Waals surface area contributed by atoms with Crippen LogP contribution in [0.5, 0.6) is 0 Å². The van der Waals surface area contributed by atoms with Crippen molar-refractivity contribution in [2.75, 3.05) is 7.05 Å². The normalized spacial score (nSPS) is 12.5. The van der Waals surface area contributed by atoms with Crippen molar-refractivity contribution in [3.63, 3.8) is 0 Å². The molecule has 0 aliphatic rings. The highest BCUT2D eigenvalue weighted by Crippen LogP contribution is 2.29. The maximum atomic E-state index is 11.0. The summed E-state index contributed by atoms with van der Waals surface area (Å²) in [5, 5.41) is 2.45. The molecule has 13 heavy (non-hydrogen) atoms. The molecule has 0 radical (unpaired) electrons. The van der Waals surface area contributed by atoms with Gasteiger partial charge in [-0.1, -0.05) is 20.8 Å². The minimum atomic E-state index is -0.404. The molecule has 0 saturated heterocycles. The average Bonchev–Trinajstić information content (AvgIpc) is 1.80. The van der Waals surface area contributed by atoms with Gasteiger partial charge in [-0.15, -0.1) is 0 Å². The topological polar surface area (TPSA) is 38.3 Å². The van der Waals surface area contributed by atoms with Crippen molar-refractivity contribution in [1.29, 1.82) is 0 Å². The largest absolute Gasteiger partial charge is 0.444 e. The fourth-order valence-corrected chi connectivity index (χ4v) is 1.62. The van der Waals surface area contributed by atoms with Crippen molar-refractivity contribution in [2.45, 2.75) is 46.6 Å². The summed E-state index contributed by atoms with van der Waals surface area (Å²) in [5.41, 5.74) is -0.240. The molecular formula is C10H21NO2. The molecule has 0 aromatic carbocycles. The van der Waals surface area contributed by atoms with Gasteiger partial charge in [0.1, 0.15) is 5.60 Å². The van der Waals surface area contributed by atoms with Gasteiger partial charge < -0.3 is 10.1 Å². The van der Waals surface area contributed by atoms with Crippen LogP contribution >= 0.6 is 0 Å². The molecule has 0 aliphatic carbocycles. The zero-order valence-corrected chi connectivity index (χ0v) is 9.52. The van der Waals surface area contributed by atoms with Gasteiger partial charge >= 0.3 is 6.09 Å². The fourth-order valence-electron chi connectivity index (χ4n) is 1.62. The monoisotopic (exact) mass is 187 g/mol. The van der Waals surface area contributed by atoms with E-state index in [1.54, 1.807) is 7.05 Å². The van der Waals surface area contributed by atoms with E-state index >= 15 is 0 Å². The van der Waals surface area contributed by atoms with Crippen LogP contribution in [0.3, 0.4) is 0 Å². The van der Waals surface area contributed by atoms with Crippen LogP contribution in [0.1, 0.15) is 41.0 Å². The highest BCUT2D eigenvalue weighted by atomic mass is 16.6. The van der Waals surface area contributed by atoms with Crippen molar-refractivity contribution in [2.24, 2.45) is 5.41 Å². The fraction of sp³-hybridized carbons (Fsp3) is 0.900. The number of ether oxygens (including phenoxy) is 1. The number of hydrogen-bond donors (Lipinski definition) is 1. The quantitative estimate of drug-likeness (QED) is 0.721. The Balaban J connectivity index is 4.16. The molecule has 0 unspecified atom stereocenters. The Morgan fingerprint density at radius 2 is 1.69 bits per heavy atom. The number of rotatable bonds is 2. The molecule has 0 atom stereocenters. The lowest BCUT2D eigenvalue weighted by Crippen LogP contribution is -2.36. The van der Waals surface area contributed by atoms with Crippen molar-refractivity contribution in [3.8, 4) is 0 Å². The lowest BCUT2D eigenvalue weighted by molar-refractivity contribution is 0.0112. The van der Waals surface area contributed by atoms with E-state index in [1.165, 1.54) is 0 Å². The lowest BCUT2D eigenvalue weighted by Gasteiger charge is -2.31. The Hall–Kier alpha value is -0.730. The number of alkyl carbamates (subject to hydrolysis) is 1. The predicted octanol–water partition coefficient (Wildman–Crippen LogP) is 2.56. The molecule has 1 N–H and O–H groups in total. The summed E-state index contributed by atoms with van der Waals surface area (Å²) in [6, 6.07) is 0. The van der Waals surface area contributed by atoms with Gasteiger partial charge in [-0.3, -0.25) is 0 Å².